The topological polar surface area (TPSA) is 44.0 Å². The van der Waals surface area contributed by atoms with Gasteiger partial charge < -0.3 is 10.2 Å². The Morgan fingerprint density at radius 2 is 2.17 bits per heavy atom. The van der Waals surface area contributed by atoms with E-state index in [1.165, 1.54) is 0 Å². The Labute approximate surface area is 112 Å². The smallest absolute Gasteiger partial charge is 0.0659 e. The summed E-state index contributed by atoms with van der Waals surface area (Å²) in [6.07, 6.45) is 1.83. The van der Waals surface area contributed by atoms with Crippen molar-refractivity contribution < 1.29 is 0 Å². The molecular formula is C13H17ClN4. The molecule has 0 unspecified atom stereocenters. The zero-order chi connectivity index (χ0) is 13.1. The van der Waals surface area contributed by atoms with Gasteiger partial charge in [-0.2, -0.15) is 5.10 Å². The first-order valence-corrected chi connectivity index (χ1v) is 6.15. The average molecular weight is 265 g/mol. The molecule has 0 spiro atoms. The van der Waals surface area contributed by atoms with E-state index in [0.29, 0.717) is 0 Å². The van der Waals surface area contributed by atoms with Gasteiger partial charge in [0.25, 0.3) is 0 Å². The molecule has 0 saturated heterocycles. The van der Waals surface area contributed by atoms with E-state index in [-0.39, 0.29) is 0 Å². The van der Waals surface area contributed by atoms with Gasteiger partial charge in [-0.15, -0.1) is 0 Å². The number of halogens is 1. The second-order valence-electron chi connectivity index (χ2n) is 4.43. The van der Waals surface area contributed by atoms with Crippen LogP contribution in [0.1, 0.15) is 11.3 Å². The van der Waals surface area contributed by atoms with E-state index < -0.39 is 0 Å². The summed E-state index contributed by atoms with van der Waals surface area (Å²) < 4.78 is 0. The number of nitrogens with one attached hydrogen (secondary N) is 2. The van der Waals surface area contributed by atoms with E-state index in [1.807, 2.05) is 50.3 Å². The molecule has 0 fully saturated rings. The summed E-state index contributed by atoms with van der Waals surface area (Å²) in [4.78, 5) is 1.99. The average Bonchev–Trinajstić information content (AvgIpc) is 2.72. The Balaban J connectivity index is 2.07. The fraction of sp³-hybridized carbons (Fsp3) is 0.308. The molecule has 2 rings (SSSR count). The molecule has 0 aliphatic rings. The number of nitrogens with zero attached hydrogens (tertiary/aromatic N) is 2. The van der Waals surface area contributed by atoms with Gasteiger partial charge in [-0.1, -0.05) is 11.6 Å². The second-order valence-corrected chi connectivity index (χ2v) is 4.84. The van der Waals surface area contributed by atoms with Crippen molar-refractivity contribution in [2.75, 3.05) is 24.3 Å². The van der Waals surface area contributed by atoms with Gasteiger partial charge in [0.2, 0.25) is 0 Å². The van der Waals surface area contributed by atoms with Crippen LogP contribution in [0.2, 0.25) is 5.02 Å². The maximum atomic E-state index is 6.22. The summed E-state index contributed by atoms with van der Waals surface area (Å²) in [5, 5.41) is 11.0. The molecule has 0 aliphatic heterocycles. The normalized spacial score (nSPS) is 10.4. The highest BCUT2D eigenvalue weighted by Gasteiger charge is 2.04. The molecule has 1 aromatic carbocycles. The quantitative estimate of drug-likeness (QED) is 0.892. The van der Waals surface area contributed by atoms with Crippen molar-refractivity contribution in [1.82, 2.24) is 10.2 Å². The van der Waals surface area contributed by atoms with Gasteiger partial charge in [-0.05, 0) is 25.1 Å². The van der Waals surface area contributed by atoms with Crippen LogP contribution in [0.4, 0.5) is 11.4 Å². The third-order valence-corrected chi connectivity index (χ3v) is 3.15. The molecule has 2 aromatic rings. The van der Waals surface area contributed by atoms with Gasteiger partial charge >= 0.3 is 0 Å². The Morgan fingerprint density at radius 3 is 2.72 bits per heavy atom. The standard InChI is InChI=1S/C13H17ClN4/c1-9-10(8-16-17-9)7-15-11-4-5-13(18(2)3)12(14)6-11/h4-6,8,15H,7H2,1-3H3,(H,16,17). The molecule has 0 amide bonds. The van der Waals surface area contributed by atoms with Gasteiger partial charge in [-0.3, -0.25) is 5.10 Å². The minimum Gasteiger partial charge on any atom is -0.381 e. The Hall–Kier alpha value is -1.68. The summed E-state index contributed by atoms with van der Waals surface area (Å²) in [7, 11) is 3.95. The van der Waals surface area contributed by atoms with Gasteiger partial charge in [0.15, 0.2) is 0 Å². The summed E-state index contributed by atoms with van der Waals surface area (Å²) in [6.45, 7) is 2.74. The highest BCUT2D eigenvalue weighted by atomic mass is 35.5. The van der Waals surface area contributed by atoms with Gasteiger partial charge in [0.1, 0.15) is 0 Å². The zero-order valence-corrected chi connectivity index (χ0v) is 11.5. The van der Waals surface area contributed by atoms with E-state index in [4.69, 9.17) is 11.6 Å². The second kappa shape index (κ2) is 5.31. The highest BCUT2D eigenvalue weighted by molar-refractivity contribution is 6.33. The van der Waals surface area contributed by atoms with Crippen LogP contribution in [-0.2, 0) is 6.54 Å². The Kier molecular flexibility index (Phi) is 3.77. The maximum Gasteiger partial charge on any atom is 0.0659 e. The SMILES string of the molecule is Cc1[nH]ncc1CNc1ccc(N(C)C)c(Cl)c1. The lowest BCUT2D eigenvalue weighted by atomic mass is 10.2. The molecule has 1 heterocycles. The first-order valence-electron chi connectivity index (χ1n) is 5.77. The van der Waals surface area contributed by atoms with Crippen LogP contribution in [-0.4, -0.2) is 24.3 Å². The van der Waals surface area contributed by atoms with E-state index in [1.54, 1.807) is 0 Å². The lowest BCUT2D eigenvalue weighted by molar-refractivity contribution is 1.04. The third-order valence-electron chi connectivity index (χ3n) is 2.85. The van der Waals surface area contributed by atoms with E-state index in [2.05, 4.69) is 15.5 Å². The highest BCUT2D eigenvalue weighted by Crippen LogP contribution is 2.27. The van der Waals surface area contributed by atoms with Crippen LogP contribution in [0.5, 0.6) is 0 Å². The molecule has 0 saturated carbocycles. The number of H-pyrrole nitrogens is 1. The molecule has 18 heavy (non-hydrogen) atoms. The number of aryl methyl sites for hydroxylation is 1. The van der Waals surface area contributed by atoms with E-state index >= 15 is 0 Å². The number of hydrogen-bond acceptors (Lipinski definition) is 3. The van der Waals surface area contributed by atoms with E-state index in [0.717, 1.165) is 34.2 Å². The van der Waals surface area contributed by atoms with Crippen molar-refractivity contribution >= 4 is 23.0 Å². The van der Waals surface area contributed by atoms with Crippen molar-refractivity contribution in [1.29, 1.82) is 0 Å². The summed E-state index contributed by atoms with van der Waals surface area (Å²) in [5.74, 6) is 0. The fourth-order valence-corrected chi connectivity index (χ4v) is 2.08. The molecule has 0 atom stereocenters. The maximum absolute atomic E-state index is 6.22. The molecule has 2 N–H and O–H groups in total. The number of anilines is 2. The largest absolute Gasteiger partial charge is 0.381 e. The Morgan fingerprint density at radius 1 is 1.39 bits per heavy atom. The summed E-state index contributed by atoms with van der Waals surface area (Å²) in [5.41, 5.74) is 4.26. The molecule has 5 heteroatoms. The number of aromatic amines is 1. The molecule has 0 bridgehead atoms. The lowest BCUT2D eigenvalue weighted by Gasteiger charge is -2.15. The van der Waals surface area contributed by atoms with Crippen LogP contribution in [0.3, 0.4) is 0 Å². The fourth-order valence-electron chi connectivity index (χ4n) is 1.73. The van der Waals surface area contributed by atoms with Crippen LogP contribution in [0, 0.1) is 6.92 Å². The van der Waals surface area contributed by atoms with Crippen LogP contribution < -0.4 is 10.2 Å². The number of hydrogen-bond donors (Lipinski definition) is 2. The van der Waals surface area contributed by atoms with Gasteiger partial charge in [0, 0.05) is 37.6 Å². The van der Waals surface area contributed by atoms with Crippen LogP contribution in [0.15, 0.2) is 24.4 Å². The molecule has 1 aromatic heterocycles. The first kappa shape index (κ1) is 12.8. The van der Waals surface area contributed by atoms with Crippen molar-refractivity contribution in [3.8, 4) is 0 Å². The summed E-state index contributed by atoms with van der Waals surface area (Å²) >= 11 is 6.22. The van der Waals surface area contributed by atoms with Crippen LogP contribution >= 0.6 is 11.6 Å². The number of aromatic nitrogens is 2. The van der Waals surface area contributed by atoms with Gasteiger partial charge in [-0.25, -0.2) is 0 Å². The van der Waals surface area contributed by atoms with Crippen molar-refractivity contribution in [2.24, 2.45) is 0 Å². The first-order chi connectivity index (χ1) is 8.58. The Bertz CT molecular complexity index is 534. The van der Waals surface area contributed by atoms with Crippen molar-refractivity contribution in [2.45, 2.75) is 13.5 Å². The van der Waals surface area contributed by atoms with Crippen molar-refractivity contribution in [3.05, 3.63) is 40.7 Å². The molecule has 4 nitrogen and oxygen atoms in total. The lowest BCUT2D eigenvalue weighted by Crippen LogP contribution is -2.09. The molecule has 96 valence electrons. The third kappa shape index (κ3) is 2.76. The summed E-state index contributed by atoms with van der Waals surface area (Å²) in [6, 6.07) is 5.97. The van der Waals surface area contributed by atoms with E-state index in [9.17, 15) is 0 Å². The molecular weight excluding hydrogens is 248 g/mol. The minimum atomic E-state index is 0.736. The predicted octanol–water partition coefficient (Wildman–Crippen LogP) is 3.05. The molecule has 0 radical (unpaired) electrons. The van der Waals surface area contributed by atoms with Gasteiger partial charge in [0.05, 0.1) is 16.9 Å². The van der Waals surface area contributed by atoms with Crippen LogP contribution in [0.25, 0.3) is 0 Å². The molecule has 0 aliphatic carbocycles. The zero-order valence-electron chi connectivity index (χ0n) is 10.8. The number of benzene rings is 1. The predicted molar refractivity (Wildman–Crippen MR) is 76.4 cm³/mol. The monoisotopic (exact) mass is 264 g/mol. The number of rotatable bonds is 4. The minimum absolute atomic E-state index is 0.736. The van der Waals surface area contributed by atoms with Crippen molar-refractivity contribution in [3.63, 3.8) is 0 Å².